The number of rotatable bonds is 7. The van der Waals surface area contributed by atoms with Crippen LogP contribution in [-0.4, -0.2) is 57.1 Å². The maximum atomic E-state index is 13.3. The first kappa shape index (κ1) is 25.9. The molecule has 1 aromatic carbocycles. The van der Waals surface area contributed by atoms with Crippen molar-refractivity contribution in [2.75, 3.05) is 13.6 Å². The molecule has 2 amide bonds. The molecule has 0 bridgehead atoms. The number of aliphatic hydroxyl groups is 2. The van der Waals surface area contributed by atoms with E-state index in [-0.39, 0.29) is 39.2 Å². The lowest BCUT2D eigenvalue weighted by atomic mass is 9.91. The van der Waals surface area contributed by atoms with Crippen molar-refractivity contribution in [2.45, 2.75) is 64.2 Å². The SMILES string of the molecule is CN(C(=O)c1nc(C(=O)NCC(C)(C)O)sc1-c1ccc(C(C)(C)O)c(Cl)c1Cl)C1CCC1. The van der Waals surface area contributed by atoms with E-state index < -0.39 is 17.1 Å². The van der Waals surface area contributed by atoms with E-state index in [1.807, 2.05) is 0 Å². The number of hydrogen-bond acceptors (Lipinski definition) is 6. The molecule has 1 aliphatic rings. The summed E-state index contributed by atoms with van der Waals surface area (Å²) in [6.07, 6.45) is 2.91. The minimum Gasteiger partial charge on any atom is -0.389 e. The number of thiazole rings is 1. The van der Waals surface area contributed by atoms with E-state index in [0.29, 0.717) is 16.0 Å². The van der Waals surface area contributed by atoms with E-state index in [4.69, 9.17) is 23.2 Å². The highest BCUT2D eigenvalue weighted by atomic mass is 35.5. The minimum atomic E-state index is -1.21. The van der Waals surface area contributed by atoms with E-state index in [0.717, 1.165) is 30.6 Å². The van der Waals surface area contributed by atoms with Gasteiger partial charge in [-0.1, -0.05) is 35.3 Å². The normalized spacial score (nSPS) is 14.7. The van der Waals surface area contributed by atoms with Crippen LogP contribution in [0.5, 0.6) is 0 Å². The quantitative estimate of drug-likeness (QED) is 0.506. The summed E-state index contributed by atoms with van der Waals surface area (Å²) < 4.78 is 0. The van der Waals surface area contributed by atoms with Gasteiger partial charge in [0.05, 0.1) is 26.1 Å². The Kier molecular flexibility index (Phi) is 7.46. The molecule has 0 radical (unpaired) electrons. The zero-order valence-corrected chi connectivity index (χ0v) is 21.7. The molecule has 1 heterocycles. The molecule has 33 heavy (non-hydrogen) atoms. The van der Waals surface area contributed by atoms with Gasteiger partial charge in [0.25, 0.3) is 11.8 Å². The van der Waals surface area contributed by atoms with Crippen LogP contribution in [0.15, 0.2) is 12.1 Å². The molecule has 7 nitrogen and oxygen atoms in total. The predicted octanol–water partition coefficient (Wildman–Crippen LogP) is 4.47. The monoisotopic (exact) mass is 513 g/mol. The van der Waals surface area contributed by atoms with Crippen molar-refractivity contribution >= 4 is 46.4 Å². The van der Waals surface area contributed by atoms with Crippen molar-refractivity contribution in [3.8, 4) is 10.4 Å². The first-order valence-corrected chi connectivity index (χ1v) is 12.3. The fourth-order valence-corrected chi connectivity index (χ4v) is 5.14. The lowest BCUT2D eigenvalue weighted by Gasteiger charge is -2.34. The third kappa shape index (κ3) is 5.69. The second-order valence-electron chi connectivity index (χ2n) is 9.54. The molecule has 3 N–H and O–H groups in total. The van der Waals surface area contributed by atoms with Crippen molar-refractivity contribution in [3.63, 3.8) is 0 Å². The number of aromatic nitrogens is 1. The molecule has 3 rings (SSSR count). The summed E-state index contributed by atoms with van der Waals surface area (Å²) in [5.74, 6) is -0.796. The molecular formula is C23H29Cl2N3O4S. The van der Waals surface area contributed by atoms with Crippen molar-refractivity contribution < 1.29 is 19.8 Å². The molecule has 2 aromatic rings. The largest absolute Gasteiger partial charge is 0.389 e. The Labute approximate surface area is 207 Å². The standard InChI is InChI=1S/C23H29Cl2N3O4S/c1-22(2,31)11-26-19(29)20-27-17(21(30)28(5)12-7-6-8-12)18(33-20)13-9-10-14(23(3,4)32)16(25)15(13)24/h9-10,12,31-32H,6-8,11H2,1-5H3,(H,26,29). The van der Waals surface area contributed by atoms with Crippen LogP contribution in [0.25, 0.3) is 10.4 Å². The zero-order chi connectivity index (χ0) is 24.7. The summed E-state index contributed by atoms with van der Waals surface area (Å²) in [5.41, 5.74) is -1.28. The van der Waals surface area contributed by atoms with Gasteiger partial charge in [0.15, 0.2) is 5.01 Å². The van der Waals surface area contributed by atoms with Crippen LogP contribution in [-0.2, 0) is 5.60 Å². The third-order valence-electron chi connectivity index (χ3n) is 5.63. The second kappa shape index (κ2) is 9.50. The van der Waals surface area contributed by atoms with Gasteiger partial charge in [0, 0.05) is 30.8 Å². The number of nitrogens with zero attached hydrogens (tertiary/aromatic N) is 2. The molecule has 0 atom stereocenters. The number of halogens is 2. The van der Waals surface area contributed by atoms with Crippen LogP contribution in [0, 0.1) is 0 Å². The van der Waals surface area contributed by atoms with E-state index in [1.54, 1.807) is 51.8 Å². The maximum absolute atomic E-state index is 13.3. The number of hydrogen-bond donors (Lipinski definition) is 3. The van der Waals surface area contributed by atoms with Gasteiger partial charge in [0.2, 0.25) is 0 Å². The predicted molar refractivity (Wildman–Crippen MR) is 131 cm³/mol. The zero-order valence-electron chi connectivity index (χ0n) is 19.3. The number of amides is 2. The van der Waals surface area contributed by atoms with Crippen LogP contribution in [0.1, 0.15) is 72.8 Å². The molecule has 1 aliphatic carbocycles. The van der Waals surface area contributed by atoms with Crippen molar-refractivity contribution in [3.05, 3.63) is 38.4 Å². The van der Waals surface area contributed by atoms with Crippen LogP contribution in [0.3, 0.4) is 0 Å². The fraction of sp³-hybridized carbons (Fsp3) is 0.522. The van der Waals surface area contributed by atoms with Crippen molar-refractivity contribution in [1.82, 2.24) is 15.2 Å². The Balaban J connectivity index is 2.07. The summed E-state index contributed by atoms with van der Waals surface area (Å²) in [7, 11) is 1.73. The smallest absolute Gasteiger partial charge is 0.280 e. The topological polar surface area (TPSA) is 103 Å². The van der Waals surface area contributed by atoms with E-state index >= 15 is 0 Å². The van der Waals surface area contributed by atoms with E-state index in [2.05, 4.69) is 10.3 Å². The van der Waals surface area contributed by atoms with Crippen LogP contribution in [0.2, 0.25) is 10.0 Å². The van der Waals surface area contributed by atoms with Gasteiger partial charge >= 0.3 is 0 Å². The number of carbonyl (C=O) groups excluding carboxylic acids is 2. The van der Waals surface area contributed by atoms with Crippen molar-refractivity contribution in [2.24, 2.45) is 0 Å². The Morgan fingerprint density at radius 1 is 1.18 bits per heavy atom. The summed E-state index contributed by atoms with van der Waals surface area (Å²) in [6.45, 7) is 6.39. The van der Waals surface area contributed by atoms with Gasteiger partial charge in [-0.15, -0.1) is 11.3 Å². The van der Waals surface area contributed by atoms with E-state index in [1.165, 1.54) is 0 Å². The highest BCUT2D eigenvalue weighted by Gasteiger charge is 2.32. The first-order chi connectivity index (χ1) is 15.2. The second-order valence-corrected chi connectivity index (χ2v) is 11.3. The number of benzene rings is 1. The average molecular weight is 514 g/mol. The van der Waals surface area contributed by atoms with Gasteiger partial charge in [0.1, 0.15) is 5.69 Å². The molecule has 1 fully saturated rings. The van der Waals surface area contributed by atoms with Gasteiger partial charge in [-0.2, -0.15) is 0 Å². The Hall–Kier alpha value is -1.71. The van der Waals surface area contributed by atoms with Crippen molar-refractivity contribution in [1.29, 1.82) is 0 Å². The third-order valence-corrected chi connectivity index (χ3v) is 7.60. The first-order valence-electron chi connectivity index (χ1n) is 10.7. The molecule has 0 saturated heterocycles. The maximum Gasteiger partial charge on any atom is 0.280 e. The van der Waals surface area contributed by atoms with Crippen LogP contribution >= 0.6 is 34.5 Å². The molecule has 1 aromatic heterocycles. The summed E-state index contributed by atoms with van der Waals surface area (Å²) in [6, 6.07) is 3.46. The summed E-state index contributed by atoms with van der Waals surface area (Å²) >= 11 is 14.1. The van der Waals surface area contributed by atoms with E-state index in [9.17, 15) is 19.8 Å². The molecule has 1 saturated carbocycles. The van der Waals surface area contributed by atoms with Gasteiger partial charge in [-0.25, -0.2) is 4.98 Å². The molecule has 0 unspecified atom stereocenters. The minimum absolute atomic E-state index is 0.0267. The Morgan fingerprint density at radius 3 is 2.33 bits per heavy atom. The highest BCUT2D eigenvalue weighted by Crippen LogP contribution is 2.43. The molecular weight excluding hydrogens is 485 g/mol. The van der Waals surface area contributed by atoms with Crippen LogP contribution in [0.4, 0.5) is 0 Å². The Bertz CT molecular complexity index is 1070. The summed E-state index contributed by atoms with van der Waals surface area (Å²) in [5, 5.41) is 23.4. The summed E-state index contributed by atoms with van der Waals surface area (Å²) in [4.78, 5) is 32.5. The molecule has 0 aliphatic heterocycles. The molecule has 0 spiro atoms. The number of nitrogens with one attached hydrogen (secondary N) is 1. The Morgan fingerprint density at radius 2 is 1.82 bits per heavy atom. The lowest BCUT2D eigenvalue weighted by molar-refractivity contribution is 0.0645. The van der Waals surface area contributed by atoms with Gasteiger partial charge in [-0.05, 0) is 47.0 Å². The number of carbonyl (C=O) groups is 2. The van der Waals surface area contributed by atoms with Gasteiger partial charge < -0.3 is 20.4 Å². The lowest BCUT2D eigenvalue weighted by Crippen LogP contribution is -2.41. The molecule has 180 valence electrons. The highest BCUT2D eigenvalue weighted by molar-refractivity contribution is 7.17. The average Bonchev–Trinajstić information content (AvgIpc) is 3.09. The molecule has 10 heteroatoms. The van der Waals surface area contributed by atoms with Gasteiger partial charge in [-0.3, -0.25) is 9.59 Å². The van der Waals surface area contributed by atoms with Crippen LogP contribution < -0.4 is 5.32 Å². The fourth-order valence-electron chi connectivity index (χ4n) is 3.42.